The molecule has 0 unspecified atom stereocenters. The number of nitrogens with zero attached hydrogens (tertiary/aromatic N) is 5. The van der Waals surface area contributed by atoms with E-state index in [4.69, 9.17) is 0 Å². The molecule has 124 valence electrons. The zero-order valence-corrected chi connectivity index (χ0v) is 14.3. The normalized spacial score (nSPS) is 18.4. The molecule has 0 bridgehead atoms. The van der Waals surface area contributed by atoms with Gasteiger partial charge in [0.1, 0.15) is 0 Å². The van der Waals surface area contributed by atoms with E-state index in [2.05, 4.69) is 28.9 Å². The highest BCUT2D eigenvalue weighted by atomic mass is 16.2. The minimum atomic E-state index is 0.213. The number of rotatable bonds is 6. The Morgan fingerprint density at radius 3 is 2.59 bits per heavy atom. The van der Waals surface area contributed by atoms with E-state index >= 15 is 0 Å². The summed E-state index contributed by atoms with van der Waals surface area (Å²) in [6.45, 7) is 7.34. The Balaban J connectivity index is 1.72. The monoisotopic (exact) mass is 307 g/mol. The summed E-state index contributed by atoms with van der Waals surface area (Å²) in [5.74, 6) is 0.213. The molecule has 22 heavy (non-hydrogen) atoms. The van der Waals surface area contributed by atoms with Crippen molar-refractivity contribution in [3.8, 4) is 0 Å². The Hall–Kier alpha value is -1.40. The van der Waals surface area contributed by atoms with Crippen molar-refractivity contribution in [2.75, 3.05) is 40.3 Å². The highest BCUT2D eigenvalue weighted by Crippen LogP contribution is 2.11. The third-order valence-electron chi connectivity index (χ3n) is 4.54. The van der Waals surface area contributed by atoms with E-state index in [1.54, 1.807) is 9.58 Å². The quantitative estimate of drug-likeness (QED) is 0.780. The molecule has 1 amide bonds. The van der Waals surface area contributed by atoms with Crippen molar-refractivity contribution in [2.45, 2.75) is 32.4 Å². The van der Waals surface area contributed by atoms with Gasteiger partial charge in [-0.3, -0.25) is 14.4 Å². The first kappa shape index (κ1) is 17.0. The van der Waals surface area contributed by atoms with E-state index in [9.17, 15) is 4.79 Å². The summed E-state index contributed by atoms with van der Waals surface area (Å²) in [4.78, 5) is 18.9. The lowest BCUT2D eigenvalue weighted by molar-refractivity contribution is -0.130. The first-order chi connectivity index (χ1) is 10.5. The average molecular weight is 307 g/mol. The molecule has 1 atom stereocenters. The van der Waals surface area contributed by atoms with Crippen molar-refractivity contribution in [3.63, 3.8) is 0 Å². The van der Waals surface area contributed by atoms with E-state index in [0.29, 0.717) is 19.0 Å². The molecule has 0 aromatic carbocycles. The molecule has 6 heteroatoms. The fourth-order valence-corrected chi connectivity index (χ4v) is 2.88. The Kier molecular flexibility index (Phi) is 5.97. The molecule has 1 aromatic heterocycles. The van der Waals surface area contributed by atoms with Crippen molar-refractivity contribution in [1.29, 1.82) is 0 Å². The van der Waals surface area contributed by atoms with Crippen molar-refractivity contribution in [2.24, 2.45) is 7.05 Å². The van der Waals surface area contributed by atoms with Crippen LogP contribution in [0.5, 0.6) is 0 Å². The topological polar surface area (TPSA) is 44.6 Å². The number of hydrogen-bond acceptors (Lipinski definition) is 4. The third kappa shape index (κ3) is 4.81. The van der Waals surface area contributed by atoms with Gasteiger partial charge < -0.3 is 9.80 Å². The van der Waals surface area contributed by atoms with Crippen LogP contribution in [0.25, 0.3) is 0 Å². The molecule has 0 N–H and O–H groups in total. The highest BCUT2D eigenvalue weighted by molar-refractivity contribution is 5.75. The summed E-state index contributed by atoms with van der Waals surface area (Å²) in [6.07, 6.45) is 5.32. The van der Waals surface area contributed by atoms with Gasteiger partial charge in [-0.25, -0.2) is 0 Å². The second-order valence-electron chi connectivity index (χ2n) is 6.50. The molecule has 0 spiro atoms. The van der Waals surface area contributed by atoms with Crippen LogP contribution in [0.3, 0.4) is 0 Å². The largest absolute Gasteiger partial charge is 0.341 e. The summed E-state index contributed by atoms with van der Waals surface area (Å²) in [5.41, 5.74) is 1.07. The van der Waals surface area contributed by atoms with Crippen LogP contribution in [0, 0.1) is 0 Å². The van der Waals surface area contributed by atoms with Crippen LogP contribution in [-0.4, -0.2) is 76.7 Å². The SMILES string of the molecule is C[C@H](CCC(=O)N(C)Cc1cnn(C)c1)N1CCN(C)CC1. The summed E-state index contributed by atoms with van der Waals surface area (Å²) >= 11 is 0. The summed E-state index contributed by atoms with van der Waals surface area (Å²) in [6, 6.07) is 0.476. The molecule has 2 heterocycles. The Bertz CT molecular complexity index is 479. The smallest absolute Gasteiger partial charge is 0.222 e. The minimum Gasteiger partial charge on any atom is -0.341 e. The number of likely N-dealkylation sites (N-methyl/N-ethyl adjacent to an activating group) is 1. The van der Waals surface area contributed by atoms with E-state index in [1.165, 1.54) is 0 Å². The van der Waals surface area contributed by atoms with Gasteiger partial charge in [0.2, 0.25) is 5.91 Å². The molecule has 1 saturated heterocycles. The first-order valence-electron chi connectivity index (χ1n) is 8.10. The molecule has 6 nitrogen and oxygen atoms in total. The van der Waals surface area contributed by atoms with Gasteiger partial charge in [-0.2, -0.15) is 5.10 Å². The molecule has 0 aliphatic carbocycles. The minimum absolute atomic E-state index is 0.213. The summed E-state index contributed by atoms with van der Waals surface area (Å²) < 4.78 is 1.77. The lowest BCUT2D eigenvalue weighted by atomic mass is 10.1. The van der Waals surface area contributed by atoms with Crippen molar-refractivity contribution in [1.82, 2.24) is 24.5 Å². The number of piperazine rings is 1. The Morgan fingerprint density at radius 2 is 2.00 bits per heavy atom. The standard InChI is InChI=1S/C16H29N5O/c1-14(21-9-7-18(2)8-10-21)5-6-16(22)19(3)12-15-11-17-20(4)13-15/h11,13-14H,5-10,12H2,1-4H3/t14-/m1/s1. The van der Waals surface area contributed by atoms with Crippen LogP contribution in [-0.2, 0) is 18.4 Å². The van der Waals surface area contributed by atoms with Gasteiger partial charge in [0, 0.05) is 71.0 Å². The van der Waals surface area contributed by atoms with Crippen molar-refractivity contribution >= 4 is 5.91 Å². The zero-order valence-electron chi connectivity index (χ0n) is 14.3. The van der Waals surface area contributed by atoms with Gasteiger partial charge in [0.15, 0.2) is 0 Å². The van der Waals surface area contributed by atoms with E-state index < -0.39 is 0 Å². The van der Waals surface area contributed by atoms with Crippen LogP contribution in [0.15, 0.2) is 12.4 Å². The maximum Gasteiger partial charge on any atom is 0.222 e. The maximum absolute atomic E-state index is 12.3. The number of aryl methyl sites for hydroxylation is 1. The number of carbonyl (C=O) groups excluding carboxylic acids is 1. The van der Waals surface area contributed by atoms with Crippen molar-refractivity contribution < 1.29 is 4.79 Å². The molecule has 1 aliphatic rings. The predicted octanol–water partition coefficient (Wildman–Crippen LogP) is 0.795. The van der Waals surface area contributed by atoms with Crippen LogP contribution in [0.2, 0.25) is 0 Å². The van der Waals surface area contributed by atoms with Gasteiger partial charge >= 0.3 is 0 Å². The van der Waals surface area contributed by atoms with E-state index in [-0.39, 0.29) is 5.91 Å². The number of hydrogen-bond donors (Lipinski definition) is 0. The van der Waals surface area contributed by atoms with Gasteiger partial charge in [0.25, 0.3) is 0 Å². The second kappa shape index (κ2) is 7.74. The number of amides is 1. The number of carbonyl (C=O) groups is 1. The molecule has 0 saturated carbocycles. The van der Waals surface area contributed by atoms with Crippen LogP contribution in [0.4, 0.5) is 0 Å². The average Bonchev–Trinajstić information content (AvgIpc) is 2.90. The fourth-order valence-electron chi connectivity index (χ4n) is 2.88. The van der Waals surface area contributed by atoms with Gasteiger partial charge in [0.05, 0.1) is 6.20 Å². The maximum atomic E-state index is 12.3. The Morgan fingerprint density at radius 1 is 1.32 bits per heavy atom. The molecule has 2 rings (SSSR count). The lowest BCUT2D eigenvalue weighted by Crippen LogP contribution is -2.48. The molecule has 1 aromatic rings. The summed E-state index contributed by atoms with van der Waals surface area (Å²) in [7, 11) is 5.93. The number of aromatic nitrogens is 2. The predicted molar refractivity (Wildman–Crippen MR) is 87.4 cm³/mol. The van der Waals surface area contributed by atoms with E-state index in [0.717, 1.165) is 38.2 Å². The molecule has 1 fully saturated rings. The highest BCUT2D eigenvalue weighted by Gasteiger charge is 2.20. The molecule has 0 radical (unpaired) electrons. The first-order valence-corrected chi connectivity index (χ1v) is 8.10. The molecular formula is C16H29N5O. The van der Waals surface area contributed by atoms with Crippen LogP contribution in [0.1, 0.15) is 25.3 Å². The van der Waals surface area contributed by atoms with Crippen molar-refractivity contribution in [3.05, 3.63) is 18.0 Å². The third-order valence-corrected chi connectivity index (χ3v) is 4.54. The molecular weight excluding hydrogens is 278 g/mol. The Labute approximate surface area is 133 Å². The van der Waals surface area contributed by atoms with Gasteiger partial charge in [-0.1, -0.05) is 0 Å². The molecule has 1 aliphatic heterocycles. The second-order valence-corrected chi connectivity index (χ2v) is 6.50. The van der Waals surface area contributed by atoms with Gasteiger partial charge in [-0.15, -0.1) is 0 Å². The van der Waals surface area contributed by atoms with Gasteiger partial charge in [-0.05, 0) is 20.4 Å². The lowest BCUT2D eigenvalue weighted by Gasteiger charge is -2.36. The fraction of sp³-hybridized carbons (Fsp3) is 0.750. The summed E-state index contributed by atoms with van der Waals surface area (Å²) in [5, 5.41) is 4.14. The zero-order chi connectivity index (χ0) is 16.1. The van der Waals surface area contributed by atoms with E-state index in [1.807, 2.05) is 26.5 Å². The van der Waals surface area contributed by atoms with Crippen LogP contribution >= 0.6 is 0 Å². The van der Waals surface area contributed by atoms with Crippen LogP contribution < -0.4 is 0 Å².